The van der Waals surface area contributed by atoms with Crippen LogP contribution < -0.4 is 4.90 Å². The van der Waals surface area contributed by atoms with E-state index in [9.17, 15) is 19.5 Å². The van der Waals surface area contributed by atoms with Crippen LogP contribution in [0.3, 0.4) is 0 Å². The van der Waals surface area contributed by atoms with E-state index < -0.39 is 6.09 Å². The summed E-state index contributed by atoms with van der Waals surface area (Å²) in [4.78, 5) is 51.2. The first kappa shape index (κ1) is 30.4. The molecule has 10 heteroatoms. The van der Waals surface area contributed by atoms with Crippen molar-refractivity contribution in [2.45, 2.75) is 57.2 Å². The van der Waals surface area contributed by atoms with Gasteiger partial charge in [0.2, 0.25) is 0 Å². The van der Waals surface area contributed by atoms with Gasteiger partial charge < -0.3 is 14.7 Å². The molecule has 1 aliphatic carbocycles. The lowest BCUT2D eigenvalue weighted by Crippen LogP contribution is -2.51. The first-order valence-electron chi connectivity index (χ1n) is 16.6. The van der Waals surface area contributed by atoms with Gasteiger partial charge in [0.1, 0.15) is 0 Å². The fourth-order valence-corrected chi connectivity index (χ4v) is 7.76. The highest BCUT2D eigenvalue weighted by molar-refractivity contribution is 6.21. The summed E-state index contributed by atoms with van der Waals surface area (Å²) in [5.74, 6) is -0.450. The zero-order chi connectivity index (χ0) is 31.6. The molecule has 240 valence electrons. The molecule has 0 unspecified atom stereocenters. The van der Waals surface area contributed by atoms with Gasteiger partial charge in [-0.25, -0.2) is 4.79 Å². The summed E-state index contributed by atoms with van der Waals surface area (Å²) in [6.07, 6.45) is 6.02. The number of carbonyl (C=O) groups excluding carboxylic acids is 2. The van der Waals surface area contributed by atoms with E-state index in [-0.39, 0.29) is 23.9 Å². The highest BCUT2D eigenvalue weighted by Gasteiger charge is 2.37. The number of ether oxygens (including phenoxy) is 1. The van der Waals surface area contributed by atoms with Crippen molar-refractivity contribution in [3.8, 4) is 0 Å². The van der Waals surface area contributed by atoms with Crippen LogP contribution in [0.1, 0.15) is 74.8 Å². The quantitative estimate of drug-likeness (QED) is 0.268. The second-order valence-electron chi connectivity index (χ2n) is 12.7. The molecule has 0 spiro atoms. The Morgan fingerprint density at radius 3 is 2.48 bits per heavy atom. The smallest absolute Gasteiger partial charge is 0.407 e. The molecule has 1 N–H and O–H groups in total. The molecule has 4 heterocycles. The van der Waals surface area contributed by atoms with Gasteiger partial charge in [0.05, 0.1) is 42.1 Å². The van der Waals surface area contributed by atoms with Crippen LogP contribution in [0.25, 0.3) is 0 Å². The van der Waals surface area contributed by atoms with Gasteiger partial charge in [0.15, 0.2) is 0 Å². The minimum absolute atomic E-state index is 0.0794. The van der Waals surface area contributed by atoms with Crippen molar-refractivity contribution >= 4 is 23.6 Å². The number of aromatic nitrogens is 1. The number of carboxylic acid groups (broad SMARTS) is 1. The molecule has 1 aromatic heterocycles. The zero-order valence-corrected chi connectivity index (χ0v) is 26.1. The first-order chi connectivity index (χ1) is 22.5. The number of amides is 3. The normalized spacial score (nSPS) is 20.9. The minimum Gasteiger partial charge on any atom is -0.465 e. The first-order valence-corrected chi connectivity index (χ1v) is 16.6. The van der Waals surface area contributed by atoms with Crippen molar-refractivity contribution < 1.29 is 24.2 Å². The molecule has 10 nitrogen and oxygen atoms in total. The van der Waals surface area contributed by atoms with Crippen molar-refractivity contribution in [2.75, 3.05) is 50.8 Å². The van der Waals surface area contributed by atoms with Crippen LogP contribution in [0.4, 0.5) is 10.5 Å². The molecule has 2 aromatic carbocycles. The van der Waals surface area contributed by atoms with Crippen molar-refractivity contribution in [3.05, 3.63) is 94.3 Å². The lowest BCUT2D eigenvalue weighted by Gasteiger charge is -2.43. The summed E-state index contributed by atoms with van der Waals surface area (Å²) in [5, 5.41) is 10.4. The van der Waals surface area contributed by atoms with Crippen LogP contribution in [0.2, 0.25) is 0 Å². The number of morpholine rings is 1. The van der Waals surface area contributed by atoms with Gasteiger partial charge in [-0.05, 0) is 86.0 Å². The van der Waals surface area contributed by atoms with Crippen molar-refractivity contribution in [2.24, 2.45) is 0 Å². The largest absolute Gasteiger partial charge is 0.465 e. The second kappa shape index (κ2) is 13.2. The predicted octanol–water partition coefficient (Wildman–Crippen LogP) is 4.78. The number of aryl methyl sites for hydroxylation is 1. The van der Waals surface area contributed by atoms with E-state index in [2.05, 4.69) is 28.0 Å². The van der Waals surface area contributed by atoms with E-state index in [0.717, 1.165) is 50.0 Å². The summed E-state index contributed by atoms with van der Waals surface area (Å²) in [6.45, 7) is 5.05. The monoisotopic (exact) mass is 623 g/mol. The zero-order valence-electron chi connectivity index (χ0n) is 26.1. The Hall–Kier alpha value is -4.28. The highest BCUT2D eigenvalue weighted by atomic mass is 16.5. The Kier molecular flexibility index (Phi) is 8.73. The fraction of sp³-hybridized carbons (Fsp3) is 0.444. The number of fused-ring (bicyclic) bond motifs is 3. The number of unbranched alkanes of at least 4 members (excludes halogenated alkanes) is 1. The molecular weight excluding hydrogens is 582 g/mol. The van der Waals surface area contributed by atoms with Gasteiger partial charge in [-0.2, -0.15) is 0 Å². The van der Waals surface area contributed by atoms with Crippen LogP contribution in [-0.4, -0.2) is 94.7 Å². The molecule has 3 aliphatic heterocycles. The van der Waals surface area contributed by atoms with E-state index in [0.29, 0.717) is 63.4 Å². The van der Waals surface area contributed by atoms with Gasteiger partial charge in [-0.3, -0.25) is 29.3 Å². The number of hydrogen-bond acceptors (Lipinski definition) is 7. The van der Waals surface area contributed by atoms with Gasteiger partial charge in [-0.15, -0.1) is 0 Å². The van der Waals surface area contributed by atoms with Gasteiger partial charge in [0.25, 0.3) is 11.8 Å². The molecule has 4 aliphatic rings. The summed E-state index contributed by atoms with van der Waals surface area (Å²) in [6, 6.07) is 17.3. The number of benzene rings is 2. The topological polar surface area (TPSA) is 107 Å². The average Bonchev–Trinajstić information content (AvgIpc) is 3.33. The standard InChI is InChI=1S/C36H41N5O5/c42-34-28-11-1-2-12-29(28)35(43)40(34)17-4-3-16-39(32-14-5-8-25-10-7-15-37-33(25)32)24-27-22-30-26(23-41(27)36(44)45)9-6-13-31(30)38-18-20-46-21-19-38/h1-2,6-7,9-13,15,27,32H,3-5,8,14,16-24H2,(H,44,45)/t27-,32+/m1/s1. The second-order valence-corrected chi connectivity index (χ2v) is 12.7. The Labute approximate surface area is 269 Å². The SMILES string of the molecule is O=C1c2ccccc2C(=O)N1CCCCN(C[C@H]1Cc2c(cccc2N2CCOCC2)CN1C(=O)O)[C@H]1CCCc2cccnc21. The van der Waals surface area contributed by atoms with Crippen molar-refractivity contribution in [1.82, 2.24) is 19.7 Å². The summed E-state index contributed by atoms with van der Waals surface area (Å²) < 4.78 is 5.61. The maximum absolute atomic E-state index is 12.9. The average molecular weight is 624 g/mol. The van der Waals surface area contributed by atoms with Gasteiger partial charge in [0, 0.05) is 44.6 Å². The molecular formula is C36H41N5O5. The van der Waals surface area contributed by atoms with E-state index in [4.69, 9.17) is 9.72 Å². The number of rotatable bonds is 9. The Morgan fingerprint density at radius 1 is 0.957 bits per heavy atom. The Morgan fingerprint density at radius 2 is 1.72 bits per heavy atom. The Bertz CT molecular complexity index is 1590. The van der Waals surface area contributed by atoms with E-state index >= 15 is 0 Å². The van der Waals surface area contributed by atoms with Crippen molar-refractivity contribution in [1.29, 1.82) is 0 Å². The molecule has 1 saturated heterocycles. The maximum Gasteiger partial charge on any atom is 0.407 e. The summed E-state index contributed by atoms with van der Waals surface area (Å²) >= 11 is 0. The lowest BCUT2D eigenvalue weighted by atomic mass is 9.88. The number of anilines is 1. The van der Waals surface area contributed by atoms with Crippen molar-refractivity contribution in [3.63, 3.8) is 0 Å². The number of imide groups is 1. The summed E-state index contributed by atoms with van der Waals surface area (Å²) in [5.41, 5.74) is 6.78. The van der Waals surface area contributed by atoms with E-state index in [1.807, 2.05) is 18.3 Å². The molecule has 0 saturated carbocycles. The number of hydrogen-bond donors (Lipinski definition) is 1. The molecule has 3 aromatic rings. The molecule has 46 heavy (non-hydrogen) atoms. The van der Waals surface area contributed by atoms with Crippen LogP contribution >= 0.6 is 0 Å². The van der Waals surface area contributed by atoms with E-state index in [1.165, 1.54) is 21.7 Å². The minimum atomic E-state index is -0.903. The van der Waals surface area contributed by atoms with E-state index in [1.54, 1.807) is 29.2 Å². The third-order valence-corrected chi connectivity index (χ3v) is 10.1. The van der Waals surface area contributed by atoms with Crippen LogP contribution in [0.15, 0.2) is 60.8 Å². The summed E-state index contributed by atoms with van der Waals surface area (Å²) in [7, 11) is 0. The number of pyridine rings is 1. The van der Waals surface area contributed by atoms with Crippen LogP contribution in [0, 0.1) is 0 Å². The van der Waals surface area contributed by atoms with Crippen LogP contribution in [-0.2, 0) is 24.1 Å². The predicted molar refractivity (Wildman–Crippen MR) is 173 cm³/mol. The number of carbonyl (C=O) groups is 3. The van der Waals surface area contributed by atoms with Gasteiger partial charge >= 0.3 is 6.09 Å². The highest BCUT2D eigenvalue weighted by Crippen LogP contribution is 2.36. The fourth-order valence-electron chi connectivity index (χ4n) is 7.76. The molecule has 0 radical (unpaired) electrons. The van der Waals surface area contributed by atoms with Gasteiger partial charge in [-0.1, -0.05) is 30.3 Å². The molecule has 7 rings (SSSR count). The molecule has 3 amide bonds. The lowest BCUT2D eigenvalue weighted by molar-refractivity contribution is 0.0644. The third-order valence-electron chi connectivity index (χ3n) is 10.1. The Balaban J connectivity index is 1.11. The maximum atomic E-state index is 12.9. The van der Waals surface area contributed by atoms with Crippen LogP contribution in [0.5, 0.6) is 0 Å². The third kappa shape index (κ3) is 5.87. The molecule has 0 bridgehead atoms. The molecule has 1 fully saturated rings. The molecule has 2 atom stereocenters. The number of nitrogens with zero attached hydrogens (tertiary/aromatic N) is 5.